The summed E-state index contributed by atoms with van der Waals surface area (Å²) in [5.74, 6) is -0.0134. The van der Waals surface area contributed by atoms with E-state index in [1.807, 2.05) is 24.3 Å². The Hall–Kier alpha value is -1.95. The van der Waals surface area contributed by atoms with E-state index in [4.69, 9.17) is 0 Å². The van der Waals surface area contributed by atoms with Crippen molar-refractivity contribution < 1.29 is 10.1 Å². The number of carbonyl (C=O) groups is 1. The third-order valence-corrected chi connectivity index (χ3v) is 5.62. The van der Waals surface area contributed by atoms with Crippen molar-refractivity contribution in [1.82, 2.24) is 0 Å². The summed E-state index contributed by atoms with van der Waals surface area (Å²) in [6.45, 7) is 2.44. The van der Waals surface area contributed by atoms with Crippen LogP contribution in [0.3, 0.4) is 0 Å². The lowest BCUT2D eigenvalue weighted by Gasteiger charge is -2.15. The molecule has 1 atom stereocenters. The molecule has 1 aromatic heterocycles. The van der Waals surface area contributed by atoms with Crippen LogP contribution in [-0.4, -0.2) is 12.5 Å². The fourth-order valence-electron chi connectivity index (χ4n) is 2.65. The molecule has 0 spiro atoms. The number of nitrogens with one attached hydrogen (secondary N) is 1. The minimum Gasteiger partial charge on any atom is -0.328 e. The first-order chi connectivity index (χ1) is 12.1. The number of rotatable bonds is 6. The molecule has 0 radical (unpaired) electrons. The predicted molar refractivity (Wildman–Crippen MR) is 107 cm³/mol. The molecule has 0 saturated heterocycles. The SMILES string of the molecule is Cc1ccc([C@H]([NH2+]CC(=O)Nc2ccccc2Br)c2cccs2)cc1. The van der Waals surface area contributed by atoms with Gasteiger partial charge in [0.25, 0.3) is 5.91 Å². The Morgan fingerprint density at radius 1 is 1.12 bits per heavy atom. The maximum atomic E-state index is 12.4. The Balaban J connectivity index is 1.70. The summed E-state index contributed by atoms with van der Waals surface area (Å²) >= 11 is 5.17. The zero-order valence-corrected chi connectivity index (χ0v) is 16.3. The lowest BCUT2D eigenvalue weighted by atomic mass is 10.0. The van der Waals surface area contributed by atoms with Crippen LogP contribution in [-0.2, 0) is 4.79 Å². The van der Waals surface area contributed by atoms with Crippen LogP contribution in [0.5, 0.6) is 0 Å². The third-order valence-electron chi connectivity index (χ3n) is 3.97. The van der Waals surface area contributed by atoms with E-state index in [0.717, 1.165) is 10.2 Å². The highest BCUT2D eigenvalue weighted by atomic mass is 79.9. The van der Waals surface area contributed by atoms with Crippen LogP contribution < -0.4 is 10.6 Å². The molecule has 128 valence electrons. The van der Waals surface area contributed by atoms with Gasteiger partial charge in [-0.15, -0.1) is 11.3 Å². The number of carbonyl (C=O) groups excluding carboxylic acids is 1. The maximum Gasteiger partial charge on any atom is 0.279 e. The molecule has 0 aliphatic heterocycles. The quantitative estimate of drug-likeness (QED) is 0.624. The number of anilines is 1. The van der Waals surface area contributed by atoms with Crippen molar-refractivity contribution in [3.63, 3.8) is 0 Å². The lowest BCUT2D eigenvalue weighted by molar-refractivity contribution is -0.675. The van der Waals surface area contributed by atoms with E-state index in [0.29, 0.717) is 6.54 Å². The van der Waals surface area contributed by atoms with Crippen molar-refractivity contribution in [2.24, 2.45) is 0 Å². The smallest absolute Gasteiger partial charge is 0.279 e. The molecule has 0 fully saturated rings. The van der Waals surface area contributed by atoms with E-state index >= 15 is 0 Å². The zero-order valence-electron chi connectivity index (χ0n) is 13.9. The summed E-state index contributed by atoms with van der Waals surface area (Å²) in [5.41, 5.74) is 3.24. The molecule has 1 heterocycles. The highest BCUT2D eigenvalue weighted by Crippen LogP contribution is 2.23. The molecular formula is C20H20BrN2OS+. The van der Waals surface area contributed by atoms with Gasteiger partial charge in [-0.3, -0.25) is 4.79 Å². The van der Waals surface area contributed by atoms with Crippen LogP contribution in [0.2, 0.25) is 0 Å². The Morgan fingerprint density at radius 2 is 1.88 bits per heavy atom. The average molecular weight is 416 g/mol. The van der Waals surface area contributed by atoms with Gasteiger partial charge in [0.1, 0.15) is 6.04 Å². The number of hydrogen-bond acceptors (Lipinski definition) is 2. The number of thiophene rings is 1. The number of halogens is 1. The summed E-state index contributed by atoms with van der Waals surface area (Å²) in [6, 6.07) is 20.5. The molecule has 0 unspecified atom stereocenters. The summed E-state index contributed by atoms with van der Waals surface area (Å²) in [7, 11) is 0. The normalized spacial score (nSPS) is 11.9. The van der Waals surface area contributed by atoms with Crippen molar-refractivity contribution in [2.75, 3.05) is 11.9 Å². The molecule has 0 aliphatic carbocycles. The standard InChI is InChI=1S/C20H19BrN2OS/c1-14-8-10-15(11-9-14)20(18-7-4-12-25-18)22-13-19(24)23-17-6-3-2-5-16(17)21/h2-12,20,22H,13H2,1H3,(H,23,24)/p+1/t20-/m0/s1. The highest BCUT2D eigenvalue weighted by Gasteiger charge is 2.20. The van der Waals surface area contributed by atoms with E-state index in [9.17, 15) is 4.79 Å². The Morgan fingerprint density at radius 3 is 2.56 bits per heavy atom. The fourth-order valence-corrected chi connectivity index (χ4v) is 3.88. The van der Waals surface area contributed by atoms with Gasteiger partial charge in [-0.1, -0.05) is 48.0 Å². The fraction of sp³-hybridized carbons (Fsp3) is 0.150. The molecule has 2 aromatic carbocycles. The molecule has 0 bridgehead atoms. The van der Waals surface area contributed by atoms with Crippen LogP contribution in [0.15, 0.2) is 70.5 Å². The van der Waals surface area contributed by atoms with Gasteiger partial charge >= 0.3 is 0 Å². The lowest BCUT2D eigenvalue weighted by Crippen LogP contribution is -2.87. The molecule has 3 N–H and O–H groups in total. The van der Waals surface area contributed by atoms with Crippen LogP contribution in [0, 0.1) is 6.92 Å². The number of para-hydroxylation sites is 1. The molecule has 0 saturated carbocycles. The largest absolute Gasteiger partial charge is 0.328 e. The summed E-state index contributed by atoms with van der Waals surface area (Å²) in [5, 5.41) is 7.12. The van der Waals surface area contributed by atoms with Gasteiger partial charge in [-0.2, -0.15) is 0 Å². The molecule has 3 nitrogen and oxygen atoms in total. The van der Waals surface area contributed by atoms with Gasteiger partial charge in [-0.25, -0.2) is 0 Å². The van der Waals surface area contributed by atoms with Crippen molar-refractivity contribution in [3.05, 3.63) is 86.5 Å². The third kappa shape index (κ3) is 4.78. The molecule has 3 aromatic rings. The van der Waals surface area contributed by atoms with Crippen molar-refractivity contribution >= 4 is 38.9 Å². The number of aryl methyl sites for hydroxylation is 1. The summed E-state index contributed by atoms with van der Waals surface area (Å²) in [4.78, 5) is 13.6. The zero-order chi connectivity index (χ0) is 17.6. The van der Waals surface area contributed by atoms with E-state index in [-0.39, 0.29) is 11.9 Å². The van der Waals surface area contributed by atoms with E-state index in [1.54, 1.807) is 11.3 Å². The van der Waals surface area contributed by atoms with Gasteiger partial charge in [0.05, 0.1) is 10.6 Å². The maximum absolute atomic E-state index is 12.4. The molecule has 3 rings (SSSR count). The van der Waals surface area contributed by atoms with Crippen LogP contribution in [0.25, 0.3) is 0 Å². The van der Waals surface area contributed by atoms with Crippen molar-refractivity contribution in [2.45, 2.75) is 13.0 Å². The molecular weight excluding hydrogens is 396 g/mol. The number of benzene rings is 2. The van der Waals surface area contributed by atoms with Gasteiger partial charge < -0.3 is 10.6 Å². The first-order valence-electron chi connectivity index (χ1n) is 8.11. The Bertz CT molecular complexity index is 831. The highest BCUT2D eigenvalue weighted by molar-refractivity contribution is 9.10. The number of amides is 1. The van der Waals surface area contributed by atoms with Crippen molar-refractivity contribution in [1.29, 1.82) is 0 Å². The minimum atomic E-state index is -0.0134. The number of hydrogen-bond donors (Lipinski definition) is 2. The van der Waals surface area contributed by atoms with Crippen LogP contribution in [0.4, 0.5) is 5.69 Å². The molecule has 25 heavy (non-hydrogen) atoms. The van der Waals surface area contributed by atoms with Crippen LogP contribution >= 0.6 is 27.3 Å². The summed E-state index contributed by atoms with van der Waals surface area (Å²) in [6.07, 6.45) is 0. The second-order valence-corrected chi connectivity index (χ2v) is 7.71. The van der Waals surface area contributed by atoms with E-state index < -0.39 is 0 Å². The minimum absolute atomic E-state index is 0.0134. The Kier molecular flexibility index (Phi) is 6.02. The number of nitrogens with two attached hydrogens (primary N) is 1. The molecule has 1 amide bonds. The van der Waals surface area contributed by atoms with Gasteiger partial charge in [0.2, 0.25) is 0 Å². The second-order valence-electron chi connectivity index (χ2n) is 5.87. The van der Waals surface area contributed by atoms with E-state index in [2.05, 4.69) is 75.3 Å². The van der Waals surface area contributed by atoms with Crippen molar-refractivity contribution in [3.8, 4) is 0 Å². The number of quaternary nitrogens is 1. The van der Waals surface area contributed by atoms with Gasteiger partial charge in [-0.05, 0) is 46.4 Å². The topological polar surface area (TPSA) is 45.7 Å². The monoisotopic (exact) mass is 415 g/mol. The van der Waals surface area contributed by atoms with Gasteiger partial charge in [0, 0.05) is 10.0 Å². The first-order valence-corrected chi connectivity index (χ1v) is 9.78. The summed E-state index contributed by atoms with van der Waals surface area (Å²) < 4.78 is 0.886. The second kappa shape index (κ2) is 8.43. The predicted octanol–water partition coefficient (Wildman–Crippen LogP) is 4.11. The molecule has 5 heteroatoms. The molecule has 0 aliphatic rings. The average Bonchev–Trinajstić information content (AvgIpc) is 3.13. The van der Waals surface area contributed by atoms with E-state index in [1.165, 1.54) is 16.0 Å². The Labute approximate surface area is 160 Å². The van der Waals surface area contributed by atoms with Gasteiger partial charge in [0.15, 0.2) is 6.54 Å². The van der Waals surface area contributed by atoms with Crippen LogP contribution in [0.1, 0.15) is 22.0 Å². The first kappa shape index (κ1) is 17.9.